The van der Waals surface area contributed by atoms with Crippen LogP contribution in [0.2, 0.25) is 0 Å². The molecular weight excluding hydrogens is 358 g/mol. The molecule has 1 amide bonds. The normalized spacial score (nSPS) is 20.8. The van der Waals surface area contributed by atoms with Crippen molar-refractivity contribution in [1.82, 2.24) is 4.90 Å². The predicted octanol–water partition coefficient (Wildman–Crippen LogP) is 3.96. The number of nitrogens with zero attached hydrogens (tertiary/aromatic N) is 1. The summed E-state index contributed by atoms with van der Waals surface area (Å²) in [4.78, 5) is 28.0. The fourth-order valence-electron chi connectivity index (χ4n) is 4.25. The zero-order valence-corrected chi connectivity index (χ0v) is 17.2. The molecule has 1 aliphatic carbocycles. The number of methoxy groups -OCH3 is 2. The van der Waals surface area contributed by atoms with E-state index in [4.69, 9.17) is 9.47 Å². The van der Waals surface area contributed by atoms with E-state index < -0.39 is 23.1 Å². The first-order valence-electron chi connectivity index (χ1n) is 9.73. The number of amides is 1. The number of hydrogen-bond donors (Lipinski definition) is 1. The summed E-state index contributed by atoms with van der Waals surface area (Å²) in [6.07, 6.45) is 3.77. The molecule has 0 radical (unpaired) electrons. The Morgan fingerprint density at radius 3 is 2.32 bits per heavy atom. The van der Waals surface area contributed by atoms with Crippen LogP contribution in [-0.4, -0.2) is 42.0 Å². The Morgan fingerprint density at radius 1 is 1.14 bits per heavy atom. The fourth-order valence-corrected chi connectivity index (χ4v) is 4.25. The Kier molecular flexibility index (Phi) is 5.41. The van der Waals surface area contributed by atoms with Gasteiger partial charge < -0.3 is 19.5 Å². The lowest BCUT2D eigenvalue weighted by Crippen LogP contribution is -2.39. The summed E-state index contributed by atoms with van der Waals surface area (Å²) in [6.45, 7) is 5.37. The lowest BCUT2D eigenvalue weighted by molar-refractivity contribution is -0.131. The van der Waals surface area contributed by atoms with Gasteiger partial charge in [0, 0.05) is 17.0 Å². The van der Waals surface area contributed by atoms with Gasteiger partial charge in [-0.3, -0.25) is 9.59 Å². The summed E-state index contributed by atoms with van der Waals surface area (Å²) in [5, 5.41) is 10.7. The second kappa shape index (κ2) is 7.49. The smallest absolute Gasteiger partial charge is 0.290 e. The molecular formula is C22H29NO5. The van der Waals surface area contributed by atoms with Gasteiger partial charge in [0.1, 0.15) is 0 Å². The Morgan fingerprint density at radius 2 is 1.79 bits per heavy atom. The molecule has 1 aromatic rings. The third-order valence-electron chi connectivity index (χ3n) is 5.62. The molecule has 1 heterocycles. The van der Waals surface area contributed by atoms with E-state index in [-0.39, 0.29) is 17.4 Å². The zero-order valence-electron chi connectivity index (χ0n) is 17.2. The van der Waals surface area contributed by atoms with Crippen molar-refractivity contribution in [2.75, 3.05) is 14.2 Å². The summed E-state index contributed by atoms with van der Waals surface area (Å²) in [6, 6.07) is 4.71. The maximum Gasteiger partial charge on any atom is 0.290 e. The van der Waals surface area contributed by atoms with Crippen LogP contribution in [0.25, 0.3) is 0 Å². The lowest BCUT2D eigenvalue weighted by Gasteiger charge is -2.34. The van der Waals surface area contributed by atoms with Gasteiger partial charge in [0.05, 0.1) is 25.8 Å². The monoisotopic (exact) mass is 387 g/mol. The number of Topliss-reactive ketones (excluding diaryl/α,β-unsaturated/α-hetero) is 1. The van der Waals surface area contributed by atoms with Gasteiger partial charge in [-0.25, -0.2) is 0 Å². The number of hydrogen-bond acceptors (Lipinski definition) is 5. The maximum atomic E-state index is 13.3. The molecule has 0 bridgehead atoms. The van der Waals surface area contributed by atoms with E-state index in [2.05, 4.69) is 0 Å². The van der Waals surface area contributed by atoms with Gasteiger partial charge >= 0.3 is 0 Å². The van der Waals surface area contributed by atoms with Crippen molar-refractivity contribution in [3.05, 3.63) is 35.1 Å². The van der Waals surface area contributed by atoms with Crippen LogP contribution in [0.3, 0.4) is 0 Å². The van der Waals surface area contributed by atoms with Gasteiger partial charge in [-0.05, 0) is 18.9 Å². The number of carbonyl (C=O) groups excluding carboxylic acids is 2. The highest BCUT2D eigenvalue weighted by molar-refractivity contribution is 6.11. The van der Waals surface area contributed by atoms with Crippen LogP contribution in [0, 0.1) is 5.41 Å². The van der Waals surface area contributed by atoms with Crippen LogP contribution in [0.5, 0.6) is 11.5 Å². The number of rotatable bonds is 5. The highest BCUT2D eigenvalue weighted by Gasteiger charge is 2.49. The van der Waals surface area contributed by atoms with Crippen LogP contribution in [0.4, 0.5) is 0 Å². The van der Waals surface area contributed by atoms with Crippen molar-refractivity contribution in [3.63, 3.8) is 0 Å². The summed E-state index contributed by atoms with van der Waals surface area (Å²) in [5.74, 6) is -0.169. The van der Waals surface area contributed by atoms with Gasteiger partial charge in [-0.2, -0.15) is 0 Å². The average molecular weight is 387 g/mol. The number of ketones is 1. The molecule has 3 rings (SSSR count). The maximum absolute atomic E-state index is 13.3. The molecule has 1 fully saturated rings. The minimum absolute atomic E-state index is 0.0131. The van der Waals surface area contributed by atoms with Crippen LogP contribution in [0.1, 0.15) is 58.1 Å². The third kappa shape index (κ3) is 3.25. The summed E-state index contributed by atoms with van der Waals surface area (Å²) in [7, 11) is 3.08. The van der Waals surface area contributed by atoms with Gasteiger partial charge in [0.25, 0.3) is 5.91 Å². The van der Waals surface area contributed by atoms with Crippen molar-refractivity contribution in [2.45, 2.75) is 58.5 Å². The van der Waals surface area contributed by atoms with Crippen molar-refractivity contribution in [2.24, 2.45) is 5.41 Å². The Bertz CT molecular complexity index is 815. The molecule has 0 saturated heterocycles. The Labute approximate surface area is 166 Å². The van der Waals surface area contributed by atoms with Gasteiger partial charge in [0.15, 0.2) is 23.0 Å². The predicted molar refractivity (Wildman–Crippen MR) is 106 cm³/mol. The minimum atomic E-state index is -0.736. The van der Waals surface area contributed by atoms with E-state index in [1.807, 2.05) is 12.1 Å². The van der Waals surface area contributed by atoms with E-state index >= 15 is 0 Å². The van der Waals surface area contributed by atoms with E-state index in [1.165, 1.54) is 7.11 Å². The molecule has 6 nitrogen and oxygen atoms in total. The molecule has 0 spiro atoms. The van der Waals surface area contributed by atoms with Gasteiger partial charge in [-0.15, -0.1) is 0 Å². The second-order valence-corrected chi connectivity index (χ2v) is 8.48. The van der Waals surface area contributed by atoms with E-state index in [0.29, 0.717) is 17.1 Å². The minimum Gasteiger partial charge on any atom is -0.503 e. The van der Waals surface area contributed by atoms with Crippen LogP contribution in [-0.2, 0) is 9.59 Å². The van der Waals surface area contributed by atoms with E-state index in [9.17, 15) is 14.7 Å². The summed E-state index contributed by atoms with van der Waals surface area (Å²) < 4.78 is 11.0. The fraction of sp³-hybridized carbons (Fsp3) is 0.545. The standard InChI is InChI=1S/C22H29NO5/c1-22(2,3)20(25)16-17(14-11-8-12-15(27-4)19(14)28-5)23(21(26)18(16)24)13-9-6-7-10-13/h8,11-13,17,24H,6-7,9-10H2,1-5H3. The molecule has 2 aliphatic rings. The van der Waals surface area contributed by atoms with Crippen molar-refractivity contribution in [3.8, 4) is 11.5 Å². The molecule has 1 saturated carbocycles. The van der Waals surface area contributed by atoms with Crippen LogP contribution in [0.15, 0.2) is 29.5 Å². The Hall–Kier alpha value is -2.50. The summed E-state index contributed by atoms with van der Waals surface area (Å²) >= 11 is 0. The number of aliphatic hydroxyl groups is 1. The molecule has 28 heavy (non-hydrogen) atoms. The summed E-state index contributed by atoms with van der Waals surface area (Å²) in [5.41, 5.74) is 0.0642. The van der Waals surface area contributed by atoms with E-state index in [0.717, 1.165) is 25.7 Å². The van der Waals surface area contributed by atoms with Gasteiger partial charge in [0.2, 0.25) is 0 Å². The molecule has 6 heteroatoms. The quantitative estimate of drug-likeness (QED) is 0.828. The van der Waals surface area contributed by atoms with Crippen molar-refractivity contribution in [1.29, 1.82) is 0 Å². The molecule has 1 unspecified atom stereocenters. The topological polar surface area (TPSA) is 76.1 Å². The first kappa shape index (κ1) is 20.2. The van der Waals surface area contributed by atoms with Crippen molar-refractivity contribution >= 4 is 11.7 Å². The first-order valence-corrected chi connectivity index (χ1v) is 9.73. The molecule has 1 aliphatic heterocycles. The van der Waals surface area contributed by atoms with Crippen LogP contribution >= 0.6 is 0 Å². The number of para-hydroxylation sites is 1. The molecule has 1 N–H and O–H groups in total. The third-order valence-corrected chi connectivity index (χ3v) is 5.62. The lowest BCUT2D eigenvalue weighted by atomic mass is 9.82. The molecule has 0 aromatic heterocycles. The number of aliphatic hydroxyl groups excluding tert-OH is 1. The highest BCUT2D eigenvalue weighted by atomic mass is 16.5. The van der Waals surface area contributed by atoms with Crippen molar-refractivity contribution < 1.29 is 24.2 Å². The number of benzene rings is 1. The zero-order chi connectivity index (χ0) is 20.6. The van der Waals surface area contributed by atoms with E-state index in [1.54, 1.807) is 38.8 Å². The number of carbonyl (C=O) groups is 2. The number of ether oxygens (including phenoxy) is 2. The molecule has 1 aromatic carbocycles. The van der Waals surface area contributed by atoms with Crippen LogP contribution < -0.4 is 9.47 Å². The largest absolute Gasteiger partial charge is 0.503 e. The first-order chi connectivity index (χ1) is 13.2. The second-order valence-electron chi connectivity index (χ2n) is 8.48. The Balaban J connectivity index is 2.22. The molecule has 1 atom stereocenters. The highest BCUT2D eigenvalue weighted by Crippen LogP contribution is 2.48. The molecule has 152 valence electrons. The SMILES string of the molecule is COc1cccc(C2C(C(=O)C(C)(C)C)=C(O)C(=O)N2C2CCCC2)c1OC. The van der Waals surface area contributed by atoms with Gasteiger partial charge in [-0.1, -0.05) is 45.7 Å². The average Bonchev–Trinajstić information content (AvgIpc) is 3.26.